The van der Waals surface area contributed by atoms with Crippen LogP contribution in [0, 0.1) is 0 Å². The van der Waals surface area contributed by atoms with Gasteiger partial charge in [0, 0.05) is 6.42 Å². The quantitative estimate of drug-likeness (QED) is 0.754. The van der Waals surface area contributed by atoms with Crippen LogP contribution in [0.5, 0.6) is 5.75 Å². The molecule has 0 radical (unpaired) electrons. The van der Waals surface area contributed by atoms with Gasteiger partial charge in [0.25, 0.3) is 0 Å². The molecule has 3 rings (SSSR count). The first-order chi connectivity index (χ1) is 11.2. The van der Waals surface area contributed by atoms with Crippen LogP contribution in [0.1, 0.15) is 24.8 Å². The van der Waals surface area contributed by atoms with E-state index in [0.29, 0.717) is 11.6 Å². The molecule has 1 heterocycles. The van der Waals surface area contributed by atoms with Crippen molar-refractivity contribution in [1.82, 2.24) is 4.98 Å². The van der Waals surface area contributed by atoms with Crippen LogP contribution in [-0.4, -0.2) is 18.0 Å². The van der Waals surface area contributed by atoms with Crippen LogP contribution in [0.3, 0.4) is 0 Å². The van der Waals surface area contributed by atoms with Crippen LogP contribution in [0.15, 0.2) is 48.5 Å². The zero-order valence-electron chi connectivity index (χ0n) is 13.1. The fourth-order valence-electron chi connectivity index (χ4n) is 2.43. The number of ether oxygens (including phenoxy) is 1. The SMILES string of the molecule is COc1ccc2nc(NC(=O)C[C@@H](C)c3ccccc3)sc2c1. The summed E-state index contributed by atoms with van der Waals surface area (Å²) < 4.78 is 6.20. The van der Waals surface area contributed by atoms with E-state index in [2.05, 4.69) is 17.2 Å². The zero-order chi connectivity index (χ0) is 16.2. The highest BCUT2D eigenvalue weighted by Crippen LogP contribution is 2.29. The number of carbonyl (C=O) groups is 1. The number of nitrogens with one attached hydrogen (secondary N) is 1. The molecular formula is C18H18N2O2S. The van der Waals surface area contributed by atoms with E-state index in [0.717, 1.165) is 21.5 Å². The standard InChI is InChI=1S/C18H18N2O2S/c1-12(13-6-4-3-5-7-13)10-17(21)20-18-19-15-9-8-14(22-2)11-16(15)23-18/h3-9,11-12H,10H2,1-2H3,(H,19,20,21)/t12-/m1/s1. The van der Waals surface area contributed by atoms with Crippen molar-refractivity contribution in [3.05, 3.63) is 54.1 Å². The average Bonchev–Trinajstić information content (AvgIpc) is 2.96. The van der Waals surface area contributed by atoms with E-state index in [1.165, 1.54) is 11.3 Å². The predicted octanol–water partition coefficient (Wildman–Crippen LogP) is 4.44. The minimum Gasteiger partial charge on any atom is -0.497 e. The first-order valence-corrected chi connectivity index (χ1v) is 8.26. The van der Waals surface area contributed by atoms with E-state index >= 15 is 0 Å². The van der Waals surface area contributed by atoms with Gasteiger partial charge in [-0.25, -0.2) is 4.98 Å². The molecule has 1 N–H and O–H groups in total. The summed E-state index contributed by atoms with van der Waals surface area (Å²) in [6.07, 6.45) is 0.434. The van der Waals surface area contributed by atoms with Gasteiger partial charge >= 0.3 is 0 Å². The number of amides is 1. The molecule has 1 aromatic heterocycles. The van der Waals surface area contributed by atoms with E-state index in [9.17, 15) is 4.79 Å². The average molecular weight is 326 g/mol. The summed E-state index contributed by atoms with van der Waals surface area (Å²) >= 11 is 1.45. The van der Waals surface area contributed by atoms with E-state index in [-0.39, 0.29) is 11.8 Å². The Hall–Kier alpha value is -2.40. The molecule has 1 amide bonds. The number of thiazole rings is 1. The van der Waals surface area contributed by atoms with Crippen LogP contribution in [0.2, 0.25) is 0 Å². The number of nitrogens with zero attached hydrogens (tertiary/aromatic N) is 1. The predicted molar refractivity (Wildman–Crippen MR) is 94.3 cm³/mol. The van der Waals surface area contributed by atoms with Gasteiger partial charge in [-0.2, -0.15) is 0 Å². The maximum absolute atomic E-state index is 12.2. The van der Waals surface area contributed by atoms with E-state index in [1.807, 2.05) is 48.5 Å². The number of hydrogen-bond acceptors (Lipinski definition) is 4. The lowest BCUT2D eigenvalue weighted by atomic mass is 9.98. The van der Waals surface area contributed by atoms with Gasteiger partial charge in [-0.3, -0.25) is 4.79 Å². The summed E-state index contributed by atoms with van der Waals surface area (Å²) in [6.45, 7) is 2.05. The van der Waals surface area contributed by atoms with Crippen molar-refractivity contribution in [1.29, 1.82) is 0 Å². The lowest BCUT2D eigenvalue weighted by molar-refractivity contribution is -0.116. The summed E-state index contributed by atoms with van der Waals surface area (Å²) in [5.74, 6) is 0.940. The molecule has 0 fully saturated rings. The third-order valence-electron chi connectivity index (χ3n) is 3.70. The van der Waals surface area contributed by atoms with Gasteiger partial charge < -0.3 is 10.1 Å². The molecule has 5 heteroatoms. The highest BCUT2D eigenvalue weighted by atomic mass is 32.1. The van der Waals surface area contributed by atoms with Gasteiger partial charge in [0.1, 0.15) is 5.75 Å². The largest absolute Gasteiger partial charge is 0.497 e. The molecule has 23 heavy (non-hydrogen) atoms. The van der Waals surface area contributed by atoms with Crippen LogP contribution < -0.4 is 10.1 Å². The van der Waals surface area contributed by atoms with E-state index in [1.54, 1.807) is 7.11 Å². The Morgan fingerprint density at radius 3 is 2.78 bits per heavy atom. The monoisotopic (exact) mass is 326 g/mol. The second-order valence-electron chi connectivity index (χ2n) is 5.42. The molecule has 118 valence electrons. The van der Waals surface area contributed by atoms with Crippen molar-refractivity contribution in [2.75, 3.05) is 12.4 Å². The number of rotatable bonds is 5. The van der Waals surface area contributed by atoms with Gasteiger partial charge in [0.2, 0.25) is 5.91 Å². The molecule has 0 bridgehead atoms. The molecule has 0 aliphatic rings. The molecule has 1 atom stereocenters. The third-order valence-corrected chi connectivity index (χ3v) is 4.64. The fourth-order valence-corrected chi connectivity index (χ4v) is 3.34. The Kier molecular flexibility index (Phi) is 4.57. The number of carbonyl (C=O) groups excluding carboxylic acids is 1. The minimum absolute atomic E-state index is 0.0209. The first-order valence-electron chi connectivity index (χ1n) is 7.45. The molecule has 4 nitrogen and oxygen atoms in total. The second kappa shape index (κ2) is 6.79. The van der Waals surface area contributed by atoms with Crippen molar-refractivity contribution >= 4 is 32.6 Å². The van der Waals surface area contributed by atoms with Crippen molar-refractivity contribution < 1.29 is 9.53 Å². The third kappa shape index (κ3) is 3.68. The van der Waals surface area contributed by atoms with Crippen LogP contribution in [-0.2, 0) is 4.79 Å². The maximum Gasteiger partial charge on any atom is 0.226 e. The molecule has 0 aliphatic carbocycles. The van der Waals surface area contributed by atoms with Crippen molar-refractivity contribution in [2.45, 2.75) is 19.3 Å². The van der Waals surface area contributed by atoms with Gasteiger partial charge in [-0.05, 0) is 29.7 Å². The molecule has 2 aromatic carbocycles. The summed E-state index contributed by atoms with van der Waals surface area (Å²) in [6, 6.07) is 15.7. The van der Waals surface area contributed by atoms with E-state index in [4.69, 9.17) is 4.74 Å². The molecule has 0 unspecified atom stereocenters. The summed E-state index contributed by atoms with van der Waals surface area (Å²) in [4.78, 5) is 16.7. The zero-order valence-corrected chi connectivity index (χ0v) is 13.9. The van der Waals surface area contributed by atoms with E-state index < -0.39 is 0 Å². The number of aromatic nitrogens is 1. The number of fused-ring (bicyclic) bond motifs is 1. The van der Waals surface area contributed by atoms with Crippen molar-refractivity contribution in [2.24, 2.45) is 0 Å². The number of benzene rings is 2. The highest BCUT2D eigenvalue weighted by molar-refractivity contribution is 7.22. The summed E-state index contributed by atoms with van der Waals surface area (Å²) in [5.41, 5.74) is 2.03. The number of methoxy groups -OCH3 is 1. The van der Waals surface area contributed by atoms with Crippen LogP contribution in [0.4, 0.5) is 5.13 Å². The molecule has 0 saturated heterocycles. The molecule has 3 aromatic rings. The molecular weight excluding hydrogens is 308 g/mol. The topological polar surface area (TPSA) is 51.2 Å². The molecule has 0 spiro atoms. The molecule has 0 aliphatic heterocycles. The first kappa shape index (κ1) is 15.5. The molecule has 0 saturated carbocycles. The summed E-state index contributed by atoms with van der Waals surface area (Å²) in [7, 11) is 1.63. The Morgan fingerprint density at radius 1 is 1.26 bits per heavy atom. The van der Waals surface area contributed by atoms with Gasteiger partial charge in [-0.15, -0.1) is 0 Å². The Morgan fingerprint density at radius 2 is 2.04 bits per heavy atom. The lowest BCUT2D eigenvalue weighted by Crippen LogP contribution is -2.14. The number of anilines is 1. The van der Waals surface area contributed by atoms with Crippen LogP contribution >= 0.6 is 11.3 Å². The second-order valence-corrected chi connectivity index (χ2v) is 6.45. The fraction of sp³-hybridized carbons (Fsp3) is 0.222. The Balaban J connectivity index is 1.68. The van der Waals surface area contributed by atoms with Gasteiger partial charge in [-0.1, -0.05) is 48.6 Å². The Labute approximate surface area is 139 Å². The smallest absolute Gasteiger partial charge is 0.226 e. The van der Waals surface area contributed by atoms with Gasteiger partial charge in [0.05, 0.1) is 17.3 Å². The minimum atomic E-state index is -0.0209. The van der Waals surface area contributed by atoms with Gasteiger partial charge in [0.15, 0.2) is 5.13 Å². The normalized spacial score (nSPS) is 12.1. The Bertz CT molecular complexity index is 814. The highest BCUT2D eigenvalue weighted by Gasteiger charge is 2.13. The summed E-state index contributed by atoms with van der Waals surface area (Å²) in [5, 5.41) is 3.52. The lowest BCUT2D eigenvalue weighted by Gasteiger charge is -2.10. The van der Waals surface area contributed by atoms with Crippen molar-refractivity contribution in [3.8, 4) is 5.75 Å². The maximum atomic E-state index is 12.2. The number of hydrogen-bond donors (Lipinski definition) is 1. The van der Waals surface area contributed by atoms with Crippen molar-refractivity contribution in [3.63, 3.8) is 0 Å². The van der Waals surface area contributed by atoms with Crippen LogP contribution in [0.25, 0.3) is 10.2 Å².